The van der Waals surface area contributed by atoms with Crippen LogP contribution in [-0.4, -0.2) is 23.8 Å². The lowest BCUT2D eigenvalue weighted by atomic mass is 9.88. The van der Waals surface area contributed by atoms with E-state index >= 15 is 0 Å². The number of nitrogens with one attached hydrogen (secondary N) is 2. The van der Waals surface area contributed by atoms with E-state index in [2.05, 4.69) is 28.9 Å². The molecular formula is C19H28ClN3S. The van der Waals surface area contributed by atoms with Crippen molar-refractivity contribution in [1.29, 1.82) is 0 Å². The van der Waals surface area contributed by atoms with Gasteiger partial charge in [-0.3, -0.25) is 9.71 Å². The zero-order valence-electron chi connectivity index (χ0n) is 14.8. The number of nitrogens with zero attached hydrogens (tertiary/aromatic N) is 1. The Labute approximate surface area is 155 Å². The topological polar surface area (TPSA) is 37.0 Å². The molecular weight excluding hydrogens is 338 g/mol. The Morgan fingerprint density at radius 2 is 2.00 bits per heavy atom. The molecule has 1 aromatic heterocycles. The molecule has 0 radical (unpaired) electrons. The molecule has 0 atom stereocenters. The molecule has 1 heterocycles. The Morgan fingerprint density at radius 1 is 1.25 bits per heavy atom. The van der Waals surface area contributed by atoms with Crippen LogP contribution < -0.4 is 10.0 Å². The summed E-state index contributed by atoms with van der Waals surface area (Å²) in [4.78, 5) is 4.20. The molecule has 0 unspecified atom stereocenters. The van der Waals surface area contributed by atoms with Gasteiger partial charge in [0, 0.05) is 36.1 Å². The first kappa shape index (κ1) is 19.4. The normalized spacial score (nSPS) is 20.3. The van der Waals surface area contributed by atoms with Gasteiger partial charge in [-0.1, -0.05) is 43.5 Å². The smallest absolute Gasteiger partial charge is 0.0889 e. The summed E-state index contributed by atoms with van der Waals surface area (Å²) < 4.78 is 3.51. The van der Waals surface area contributed by atoms with Gasteiger partial charge in [0.25, 0.3) is 0 Å². The van der Waals surface area contributed by atoms with Gasteiger partial charge in [0.1, 0.15) is 0 Å². The molecule has 1 fully saturated rings. The van der Waals surface area contributed by atoms with Gasteiger partial charge in [-0.25, -0.2) is 0 Å². The van der Waals surface area contributed by atoms with E-state index in [0.717, 1.165) is 28.6 Å². The number of halogens is 1. The van der Waals surface area contributed by atoms with E-state index in [1.165, 1.54) is 31.4 Å². The fourth-order valence-corrected chi connectivity index (χ4v) is 3.78. The van der Waals surface area contributed by atoms with Crippen molar-refractivity contribution in [2.45, 2.75) is 45.6 Å². The average Bonchev–Trinajstić information content (AvgIpc) is 2.62. The van der Waals surface area contributed by atoms with Gasteiger partial charge in [-0.2, -0.15) is 0 Å². The van der Waals surface area contributed by atoms with Crippen molar-refractivity contribution >= 4 is 40.1 Å². The average molecular weight is 366 g/mol. The van der Waals surface area contributed by atoms with Gasteiger partial charge in [0.2, 0.25) is 0 Å². The van der Waals surface area contributed by atoms with Gasteiger partial charge < -0.3 is 5.32 Å². The van der Waals surface area contributed by atoms with Crippen molar-refractivity contribution in [1.82, 2.24) is 9.71 Å². The van der Waals surface area contributed by atoms with E-state index < -0.39 is 0 Å². The minimum Gasteiger partial charge on any atom is -0.388 e. The molecule has 0 spiro atoms. The van der Waals surface area contributed by atoms with Crippen LogP contribution in [0, 0.1) is 5.92 Å². The fraction of sp³-hybridized carbons (Fsp3) is 0.526. The van der Waals surface area contributed by atoms with Crippen LogP contribution in [0.15, 0.2) is 30.5 Å². The van der Waals surface area contributed by atoms with E-state index in [1.54, 1.807) is 6.20 Å². The number of pyridine rings is 1. The maximum absolute atomic E-state index is 6.04. The minimum absolute atomic E-state index is 0.683. The summed E-state index contributed by atoms with van der Waals surface area (Å²) in [5.74, 6) is 2.16. The molecule has 0 aliphatic heterocycles. The molecule has 3 rings (SSSR count). The molecule has 1 aliphatic carbocycles. The second-order valence-electron chi connectivity index (χ2n) is 6.29. The third kappa shape index (κ3) is 5.83. The first-order valence-electron chi connectivity index (χ1n) is 8.73. The van der Waals surface area contributed by atoms with E-state index in [0.29, 0.717) is 5.02 Å². The highest BCUT2D eigenvalue weighted by Gasteiger charge is 2.16. The maximum Gasteiger partial charge on any atom is 0.0889 e. The molecule has 0 saturated heterocycles. The Morgan fingerprint density at radius 3 is 2.67 bits per heavy atom. The Balaban J connectivity index is 0.000000177. The summed E-state index contributed by atoms with van der Waals surface area (Å²) in [5.41, 5.74) is 1.86. The van der Waals surface area contributed by atoms with Gasteiger partial charge >= 0.3 is 0 Å². The molecule has 2 aromatic rings. The largest absolute Gasteiger partial charge is 0.388 e. The van der Waals surface area contributed by atoms with Crippen LogP contribution >= 0.6 is 23.5 Å². The summed E-state index contributed by atoms with van der Waals surface area (Å²) in [7, 11) is 1.87. The van der Waals surface area contributed by atoms with Gasteiger partial charge in [-0.05, 0) is 49.8 Å². The van der Waals surface area contributed by atoms with Gasteiger partial charge in [0.15, 0.2) is 0 Å². The monoisotopic (exact) mass is 365 g/mol. The van der Waals surface area contributed by atoms with Crippen LogP contribution in [-0.2, 0) is 0 Å². The molecule has 2 N–H and O–H groups in total. The zero-order valence-corrected chi connectivity index (χ0v) is 16.4. The molecule has 3 nitrogen and oxygen atoms in total. The van der Waals surface area contributed by atoms with E-state index in [-0.39, 0.29) is 0 Å². The third-order valence-corrected chi connectivity index (χ3v) is 5.43. The SMILES string of the molecule is CCSNC1CCC(C)CC1.CNc1cc(Cl)c2ncccc2c1. The van der Waals surface area contributed by atoms with Crippen molar-refractivity contribution in [2.75, 3.05) is 18.1 Å². The highest BCUT2D eigenvalue weighted by Crippen LogP contribution is 2.25. The molecule has 132 valence electrons. The standard InChI is InChI=1S/C10H9ClN2.C9H19NS/c1-12-8-5-7-3-2-4-13-10(7)9(11)6-8;1-3-11-10-9-6-4-8(2)5-7-9/h2-6,12H,1H3;8-10H,3-7H2,1-2H3. The summed E-state index contributed by atoms with van der Waals surface area (Å²) >= 11 is 7.90. The summed E-state index contributed by atoms with van der Waals surface area (Å²) in [5, 5.41) is 4.79. The van der Waals surface area contributed by atoms with Gasteiger partial charge in [0.05, 0.1) is 10.5 Å². The quantitative estimate of drug-likeness (QED) is 0.676. The molecule has 0 amide bonds. The van der Waals surface area contributed by atoms with Crippen molar-refractivity contribution in [3.8, 4) is 0 Å². The zero-order chi connectivity index (χ0) is 17.4. The van der Waals surface area contributed by atoms with Crippen molar-refractivity contribution in [3.63, 3.8) is 0 Å². The summed E-state index contributed by atoms with van der Waals surface area (Å²) in [6.07, 6.45) is 7.35. The number of hydrogen-bond donors (Lipinski definition) is 2. The summed E-state index contributed by atoms with van der Waals surface area (Å²) in [6, 6.07) is 8.59. The summed E-state index contributed by atoms with van der Waals surface area (Å²) in [6.45, 7) is 4.56. The van der Waals surface area contributed by atoms with Crippen molar-refractivity contribution in [3.05, 3.63) is 35.5 Å². The van der Waals surface area contributed by atoms with Crippen LogP contribution in [0.25, 0.3) is 10.9 Å². The molecule has 1 saturated carbocycles. The van der Waals surface area contributed by atoms with Crippen molar-refractivity contribution < 1.29 is 0 Å². The highest BCUT2D eigenvalue weighted by molar-refractivity contribution is 7.97. The molecule has 5 heteroatoms. The lowest BCUT2D eigenvalue weighted by Crippen LogP contribution is -2.28. The maximum atomic E-state index is 6.04. The predicted molar refractivity (Wildman–Crippen MR) is 109 cm³/mol. The van der Waals surface area contributed by atoms with E-state index in [4.69, 9.17) is 11.6 Å². The molecule has 24 heavy (non-hydrogen) atoms. The number of fused-ring (bicyclic) bond motifs is 1. The lowest BCUT2D eigenvalue weighted by molar-refractivity contribution is 0.337. The number of benzene rings is 1. The Bertz CT molecular complexity index is 624. The van der Waals surface area contributed by atoms with Crippen LogP contribution in [0.4, 0.5) is 5.69 Å². The first-order chi connectivity index (χ1) is 11.6. The lowest BCUT2D eigenvalue weighted by Gasteiger charge is -2.26. The Kier molecular flexibility index (Phi) is 8.16. The van der Waals surface area contributed by atoms with Crippen molar-refractivity contribution in [2.24, 2.45) is 5.92 Å². The number of aromatic nitrogens is 1. The van der Waals surface area contributed by atoms with E-state index in [9.17, 15) is 0 Å². The molecule has 1 aromatic carbocycles. The fourth-order valence-electron chi connectivity index (χ4n) is 2.87. The van der Waals surface area contributed by atoms with Gasteiger partial charge in [-0.15, -0.1) is 0 Å². The van der Waals surface area contributed by atoms with Crippen LogP contribution in [0.2, 0.25) is 5.02 Å². The number of rotatable bonds is 4. The Hall–Kier alpha value is -0.970. The molecule has 0 bridgehead atoms. The second kappa shape index (κ2) is 10.1. The molecule has 1 aliphatic rings. The third-order valence-electron chi connectivity index (χ3n) is 4.36. The predicted octanol–water partition coefficient (Wildman–Crippen LogP) is 5.75. The minimum atomic E-state index is 0.683. The van der Waals surface area contributed by atoms with Crippen LogP contribution in [0.1, 0.15) is 39.5 Å². The van der Waals surface area contributed by atoms with Crippen LogP contribution in [0.5, 0.6) is 0 Å². The van der Waals surface area contributed by atoms with E-state index in [1.807, 2.05) is 43.3 Å². The first-order valence-corrected chi connectivity index (χ1v) is 10.1. The second-order valence-corrected chi connectivity index (χ2v) is 7.80. The number of hydrogen-bond acceptors (Lipinski definition) is 4. The number of anilines is 1. The highest BCUT2D eigenvalue weighted by atomic mass is 35.5. The van der Waals surface area contributed by atoms with Crippen LogP contribution in [0.3, 0.4) is 0 Å².